The molecule has 0 aliphatic rings. The maximum Gasteiger partial charge on any atom is 0.322 e. The molecule has 1 N–H and O–H groups in total. The maximum atomic E-state index is 12.2. The largest absolute Gasteiger partial charge is 0.496 e. The standard InChI is InChI=1S/C21H23N3O3/c1-4-15-5-7-16(8-6-15)13-20-23-24-21(27-20)22-19(25)12-17-9-10-18(26-3)14(2)11-17/h5-11H,4,12-13H2,1-3H3,(H,22,24,25). The molecule has 0 bridgehead atoms. The van der Waals surface area contributed by atoms with Gasteiger partial charge in [0.15, 0.2) is 0 Å². The normalized spacial score (nSPS) is 10.6. The van der Waals surface area contributed by atoms with E-state index in [4.69, 9.17) is 9.15 Å². The van der Waals surface area contributed by atoms with Gasteiger partial charge in [-0.1, -0.05) is 48.4 Å². The van der Waals surface area contributed by atoms with Crippen molar-refractivity contribution in [2.24, 2.45) is 0 Å². The van der Waals surface area contributed by atoms with Crippen LogP contribution in [0.3, 0.4) is 0 Å². The molecule has 6 nitrogen and oxygen atoms in total. The van der Waals surface area contributed by atoms with Crippen LogP contribution in [0.2, 0.25) is 0 Å². The van der Waals surface area contributed by atoms with Crippen LogP contribution in [0.1, 0.15) is 35.1 Å². The third-order valence-electron chi connectivity index (χ3n) is 4.32. The Labute approximate surface area is 158 Å². The van der Waals surface area contributed by atoms with E-state index in [1.807, 2.05) is 37.3 Å². The van der Waals surface area contributed by atoms with Gasteiger partial charge in [0.05, 0.1) is 20.0 Å². The number of aromatic nitrogens is 2. The Morgan fingerprint density at radius 2 is 1.78 bits per heavy atom. The van der Waals surface area contributed by atoms with Crippen molar-refractivity contribution < 1.29 is 13.9 Å². The molecule has 0 fully saturated rings. The zero-order chi connectivity index (χ0) is 19.2. The number of rotatable bonds is 7. The Kier molecular flexibility index (Phi) is 5.86. The second-order valence-electron chi connectivity index (χ2n) is 6.38. The van der Waals surface area contributed by atoms with Crippen molar-refractivity contribution in [3.8, 4) is 5.75 Å². The number of aryl methyl sites for hydroxylation is 2. The highest BCUT2D eigenvalue weighted by Gasteiger charge is 2.12. The fourth-order valence-electron chi connectivity index (χ4n) is 2.84. The molecule has 2 aromatic carbocycles. The minimum absolute atomic E-state index is 0.116. The lowest BCUT2D eigenvalue weighted by Crippen LogP contribution is -2.14. The summed E-state index contributed by atoms with van der Waals surface area (Å²) in [6, 6.07) is 14.0. The second kappa shape index (κ2) is 8.49. The number of ether oxygens (including phenoxy) is 1. The van der Waals surface area contributed by atoms with E-state index in [2.05, 4.69) is 34.6 Å². The van der Waals surface area contributed by atoms with E-state index in [0.717, 1.165) is 28.9 Å². The van der Waals surface area contributed by atoms with Gasteiger partial charge in [-0.05, 0) is 41.7 Å². The lowest BCUT2D eigenvalue weighted by atomic mass is 10.1. The maximum absolute atomic E-state index is 12.2. The Bertz CT molecular complexity index is 917. The topological polar surface area (TPSA) is 77.2 Å². The van der Waals surface area contributed by atoms with Crippen LogP contribution in [0.5, 0.6) is 5.75 Å². The first kappa shape index (κ1) is 18.6. The van der Waals surface area contributed by atoms with Crippen molar-refractivity contribution in [3.63, 3.8) is 0 Å². The molecule has 0 aliphatic heterocycles. The molecule has 140 valence electrons. The second-order valence-corrected chi connectivity index (χ2v) is 6.38. The van der Waals surface area contributed by atoms with Gasteiger partial charge in [-0.15, -0.1) is 5.10 Å². The van der Waals surface area contributed by atoms with E-state index in [1.165, 1.54) is 5.56 Å². The smallest absolute Gasteiger partial charge is 0.322 e. The van der Waals surface area contributed by atoms with E-state index in [-0.39, 0.29) is 18.3 Å². The van der Waals surface area contributed by atoms with Crippen LogP contribution in [0.25, 0.3) is 0 Å². The molecule has 1 heterocycles. The van der Waals surface area contributed by atoms with Gasteiger partial charge in [-0.3, -0.25) is 10.1 Å². The molecule has 0 spiro atoms. The molecule has 0 aliphatic carbocycles. The number of amides is 1. The van der Waals surface area contributed by atoms with E-state index in [1.54, 1.807) is 7.11 Å². The zero-order valence-corrected chi connectivity index (χ0v) is 15.8. The molecule has 1 amide bonds. The first-order valence-corrected chi connectivity index (χ1v) is 8.91. The highest BCUT2D eigenvalue weighted by Crippen LogP contribution is 2.19. The summed E-state index contributed by atoms with van der Waals surface area (Å²) in [5, 5.41) is 10.6. The fourth-order valence-corrected chi connectivity index (χ4v) is 2.84. The van der Waals surface area contributed by atoms with Gasteiger partial charge in [0.2, 0.25) is 11.8 Å². The summed E-state index contributed by atoms with van der Waals surface area (Å²) in [7, 11) is 1.63. The Morgan fingerprint density at radius 3 is 2.44 bits per heavy atom. The van der Waals surface area contributed by atoms with Crippen LogP contribution in [-0.2, 0) is 24.1 Å². The Balaban J connectivity index is 1.58. The average Bonchev–Trinajstić information content (AvgIpc) is 3.09. The number of carbonyl (C=O) groups is 1. The first-order valence-electron chi connectivity index (χ1n) is 8.91. The number of nitrogens with one attached hydrogen (secondary N) is 1. The van der Waals surface area contributed by atoms with Crippen LogP contribution in [-0.4, -0.2) is 23.2 Å². The van der Waals surface area contributed by atoms with Gasteiger partial charge in [0.25, 0.3) is 0 Å². The molecule has 0 saturated carbocycles. The SMILES string of the molecule is CCc1ccc(Cc2nnc(NC(=O)Cc3ccc(OC)c(C)c3)o2)cc1. The van der Waals surface area contributed by atoms with Crippen molar-refractivity contribution in [2.75, 3.05) is 12.4 Å². The van der Waals surface area contributed by atoms with E-state index in [0.29, 0.717) is 12.3 Å². The summed E-state index contributed by atoms with van der Waals surface area (Å²) in [5.41, 5.74) is 4.24. The molecule has 3 aromatic rings. The number of nitrogens with zero attached hydrogens (tertiary/aromatic N) is 2. The van der Waals surface area contributed by atoms with Gasteiger partial charge in [0, 0.05) is 0 Å². The molecule has 27 heavy (non-hydrogen) atoms. The monoisotopic (exact) mass is 365 g/mol. The minimum atomic E-state index is -0.206. The number of anilines is 1. The number of methoxy groups -OCH3 is 1. The highest BCUT2D eigenvalue weighted by atomic mass is 16.5. The van der Waals surface area contributed by atoms with Crippen molar-refractivity contribution in [1.82, 2.24) is 10.2 Å². The number of hydrogen-bond donors (Lipinski definition) is 1. The van der Waals surface area contributed by atoms with Gasteiger partial charge in [0.1, 0.15) is 5.75 Å². The van der Waals surface area contributed by atoms with Gasteiger partial charge >= 0.3 is 6.01 Å². The molecule has 0 radical (unpaired) electrons. The summed E-state index contributed by atoms with van der Waals surface area (Å²) in [6.45, 7) is 4.06. The summed E-state index contributed by atoms with van der Waals surface area (Å²) < 4.78 is 10.8. The summed E-state index contributed by atoms with van der Waals surface area (Å²) >= 11 is 0. The predicted molar refractivity (Wildman–Crippen MR) is 103 cm³/mol. The van der Waals surface area contributed by atoms with E-state index >= 15 is 0 Å². The van der Waals surface area contributed by atoms with Crippen LogP contribution >= 0.6 is 0 Å². The Hall–Kier alpha value is -3.15. The molecule has 0 saturated heterocycles. The van der Waals surface area contributed by atoms with Crippen LogP contribution < -0.4 is 10.1 Å². The first-order chi connectivity index (χ1) is 13.1. The molecular formula is C21H23N3O3. The number of hydrogen-bond acceptors (Lipinski definition) is 5. The van der Waals surface area contributed by atoms with Gasteiger partial charge < -0.3 is 9.15 Å². The lowest BCUT2D eigenvalue weighted by Gasteiger charge is -2.07. The lowest BCUT2D eigenvalue weighted by molar-refractivity contribution is -0.115. The highest BCUT2D eigenvalue weighted by molar-refractivity contribution is 5.90. The third-order valence-corrected chi connectivity index (χ3v) is 4.32. The van der Waals surface area contributed by atoms with Gasteiger partial charge in [-0.2, -0.15) is 0 Å². The molecule has 0 unspecified atom stereocenters. The molecule has 6 heteroatoms. The van der Waals surface area contributed by atoms with E-state index < -0.39 is 0 Å². The van der Waals surface area contributed by atoms with Crippen LogP contribution in [0.15, 0.2) is 46.9 Å². The molecule has 0 atom stereocenters. The number of benzene rings is 2. The summed E-state index contributed by atoms with van der Waals surface area (Å²) in [4.78, 5) is 12.2. The molecule has 1 aromatic heterocycles. The minimum Gasteiger partial charge on any atom is -0.496 e. The quantitative estimate of drug-likeness (QED) is 0.690. The fraction of sp³-hybridized carbons (Fsp3) is 0.286. The summed E-state index contributed by atoms with van der Waals surface area (Å²) in [5.74, 6) is 1.06. The van der Waals surface area contributed by atoms with E-state index in [9.17, 15) is 4.79 Å². The third kappa shape index (κ3) is 4.94. The van der Waals surface area contributed by atoms with Crippen molar-refractivity contribution in [3.05, 3.63) is 70.6 Å². The molecular weight excluding hydrogens is 342 g/mol. The van der Waals surface area contributed by atoms with Crippen molar-refractivity contribution in [2.45, 2.75) is 33.1 Å². The average molecular weight is 365 g/mol. The van der Waals surface area contributed by atoms with Gasteiger partial charge in [-0.25, -0.2) is 0 Å². The van der Waals surface area contributed by atoms with Crippen molar-refractivity contribution in [1.29, 1.82) is 0 Å². The zero-order valence-electron chi connectivity index (χ0n) is 15.8. The van der Waals surface area contributed by atoms with Crippen molar-refractivity contribution >= 4 is 11.9 Å². The van der Waals surface area contributed by atoms with Crippen LogP contribution in [0, 0.1) is 6.92 Å². The Morgan fingerprint density at radius 1 is 1.07 bits per heavy atom. The van der Waals surface area contributed by atoms with Crippen LogP contribution in [0.4, 0.5) is 6.01 Å². The molecule has 3 rings (SSSR count). The summed E-state index contributed by atoms with van der Waals surface area (Å²) in [6.07, 6.45) is 1.76. The number of carbonyl (C=O) groups excluding carboxylic acids is 1. The predicted octanol–water partition coefficient (Wildman–Crippen LogP) is 3.72.